The second kappa shape index (κ2) is 6.50. The van der Waals surface area contributed by atoms with Crippen LogP contribution in [0.2, 0.25) is 0 Å². The van der Waals surface area contributed by atoms with Crippen molar-refractivity contribution in [3.05, 3.63) is 68.9 Å². The first kappa shape index (κ1) is 13.8. The van der Waals surface area contributed by atoms with Gasteiger partial charge >= 0.3 is 0 Å². The van der Waals surface area contributed by atoms with Gasteiger partial charge in [0, 0.05) is 9.75 Å². The number of aliphatic hydroxyl groups excluding tert-OH is 1. The molecule has 98 valence electrons. The van der Waals surface area contributed by atoms with Gasteiger partial charge in [0.05, 0.1) is 6.61 Å². The quantitative estimate of drug-likeness (QED) is 0.806. The van der Waals surface area contributed by atoms with Crippen molar-refractivity contribution in [3.63, 3.8) is 0 Å². The molecule has 1 N–H and O–H groups in total. The molecule has 0 aliphatic rings. The molecule has 2 aromatic rings. The lowest BCUT2D eigenvalue weighted by molar-refractivity contribution is 0.282. The highest BCUT2D eigenvalue weighted by Gasteiger charge is 1.96. The predicted octanol–water partition coefficient (Wildman–Crippen LogP) is 4.58. The monoisotopic (exact) mass is 270 g/mol. The van der Waals surface area contributed by atoms with E-state index in [4.69, 9.17) is 5.11 Å². The Labute approximate surface area is 118 Å². The van der Waals surface area contributed by atoms with E-state index in [0.717, 1.165) is 11.1 Å². The van der Waals surface area contributed by atoms with Gasteiger partial charge in [-0.15, -0.1) is 11.3 Å². The van der Waals surface area contributed by atoms with E-state index in [-0.39, 0.29) is 6.61 Å². The van der Waals surface area contributed by atoms with E-state index >= 15 is 0 Å². The van der Waals surface area contributed by atoms with Gasteiger partial charge in [-0.3, -0.25) is 0 Å². The second-order valence-corrected chi connectivity index (χ2v) is 5.79. The number of hydrogen-bond donors (Lipinski definition) is 1. The fourth-order valence-corrected chi connectivity index (χ4v) is 2.69. The fraction of sp³-hybridized carbons (Fsp3) is 0.176. The molecule has 0 saturated heterocycles. The molecule has 0 amide bonds. The number of allylic oxidation sites excluding steroid dienone is 2. The van der Waals surface area contributed by atoms with Gasteiger partial charge in [-0.25, -0.2) is 0 Å². The summed E-state index contributed by atoms with van der Waals surface area (Å²) in [5.41, 5.74) is 3.44. The number of benzene rings is 1. The van der Waals surface area contributed by atoms with E-state index < -0.39 is 0 Å². The molecule has 1 aromatic carbocycles. The third kappa shape index (κ3) is 3.91. The van der Waals surface area contributed by atoms with Crippen LogP contribution in [0.25, 0.3) is 12.2 Å². The minimum absolute atomic E-state index is 0.0982. The number of aliphatic hydroxyl groups is 1. The average molecular weight is 270 g/mol. The zero-order valence-electron chi connectivity index (χ0n) is 11.3. The van der Waals surface area contributed by atoms with E-state index in [9.17, 15) is 0 Å². The standard InChI is InChI=1S/C17H18OS/c1-13-11-17(19-14(13)2)6-4-3-5-15-7-9-16(12-18)10-8-15/h3-11,18H,12H2,1-2H3. The molecule has 0 atom stereocenters. The summed E-state index contributed by atoms with van der Waals surface area (Å²) in [6.45, 7) is 4.39. The highest BCUT2D eigenvalue weighted by atomic mass is 32.1. The van der Waals surface area contributed by atoms with Gasteiger partial charge in [-0.05, 0) is 42.7 Å². The second-order valence-electron chi connectivity index (χ2n) is 4.51. The predicted molar refractivity (Wildman–Crippen MR) is 84.2 cm³/mol. The first-order chi connectivity index (χ1) is 9.19. The van der Waals surface area contributed by atoms with Gasteiger partial charge in [0.1, 0.15) is 0 Å². The smallest absolute Gasteiger partial charge is 0.0681 e. The van der Waals surface area contributed by atoms with Crippen molar-refractivity contribution in [1.29, 1.82) is 0 Å². The van der Waals surface area contributed by atoms with E-state index in [1.165, 1.54) is 15.3 Å². The van der Waals surface area contributed by atoms with Crippen molar-refractivity contribution in [1.82, 2.24) is 0 Å². The maximum absolute atomic E-state index is 8.96. The molecule has 19 heavy (non-hydrogen) atoms. The first-order valence-corrected chi connectivity index (χ1v) is 7.12. The van der Waals surface area contributed by atoms with Crippen LogP contribution in [0.3, 0.4) is 0 Å². The summed E-state index contributed by atoms with van der Waals surface area (Å²) < 4.78 is 0. The van der Waals surface area contributed by atoms with Crippen LogP contribution in [0.15, 0.2) is 42.5 Å². The van der Waals surface area contributed by atoms with Gasteiger partial charge in [0.2, 0.25) is 0 Å². The Balaban J connectivity index is 1.98. The summed E-state index contributed by atoms with van der Waals surface area (Å²) in [5, 5.41) is 8.96. The van der Waals surface area contributed by atoms with Crippen LogP contribution < -0.4 is 0 Å². The molecule has 0 saturated carbocycles. The van der Waals surface area contributed by atoms with Crippen molar-refractivity contribution in [2.45, 2.75) is 20.5 Å². The molecule has 0 aliphatic heterocycles. The molecule has 1 nitrogen and oxygen atoms in total. The molecule has 0 fully saturated rings. The van der Waals surface area contributed by atoms with Crippen LogP contribution in [-0.2, 0) is 6.61 Å². The molecule has 1 heterocycles. The molecular weight excluding hydrogens is 252 g/mol. The first-order valence-electron chi connectivity index (χ1n) is 6.30. The maximum atomic E-state index is 8.96. The van der Waals surface area contributed by atoms with Gasteiger partial charge in [0.15, 0.2) is 0 Å². The minimum Gasteiger partial charge on any atom is -0.392 e. The van der Waals surface area contributed by atoms with E-state index in [2.05, 4.69) is 38.1 Å². The summed E-state index contributed by atoms with van der Waals surface area (Å²) >= 11 is 1.82. The highest BCUT2D eigenvalue weighted by molar-refractivity contribution is 7.13. The summed E-state index contributed by atoms with van der Waals surface area (Å²) in [4.78, 5) is 2.67. The minimum atomic E-state index is 0.0982. The lowest BCUT2D eigenvalue weighted by Gasteiger charge is -1.95. The van der Waals surface area contributed by atoms with E-state index in [0.29, 0.717) is 0 Å². The van der Waals surface area contributed by atoms with Crippen LogP contribution in [-0.4, -0.2) is 5.11 Å². The highest BCUT2D eigenvalue weighted by Crippen LogP contribution is 2.21. The van der Waals surface area contributed by atoms with Crippen LogP contribution in [0.1, 0.15) is 26.4 Å². The summed E-state index contributed by atoms with van der Waals surface area (Å²) in [6, 6.07) is 10.1. The van der Waals surface area contributed by atoms with Crippen molar-refractivity contribution >= 4 is 23.5 Å². The molecule has 2 heteroatoms. The Morgan fingerprint density at radius 3 is 2.32 bits per heavy atom. The summed E-state index contributed by atoms with van der Waals surface area (Å²) in [6.07, 6.45) is 8.29. The Morgan fingerprint density at radius 1 is 1.05 bits per heavy atom. The number of hydrogen-bond acceptors (Lipinski definition) is 2. The Morgan fingerprint density at radius 2 is 1.74 bits per heavy atom. The van der Waals surface area contributed by atoms with Crippen LogP contribution in [0.4, 0.5) is 0 Å². The summed E-state index contributed by atoms with van der Waals surface area (Å²) in [7, 11) is 0. The molecule has 0 bridgehead atoms. The topological polar surface area (TPSA) is 20.2 Å². The van der Waals surface area contributed by atoms with Crippen molar-refractivity contribution < 1.29 is 5.11 Å². The number of aryl methyl sites for hydroxylation is 2. The zero-order chi connectivity index (χ0) is 13.7. The Bertz CT molecular complexity index is 569. The lowest BCUT2D eigenvalue weighted by Crippen LogP contribution is -1.81. The molecule has 0 aliphatic carbocycles. The van der Waals surface area contributed by atoms with Gasteiger partial charge < -0.3 is 5.11 Å². The van der Waals surface area contributed by atoms with Crippen molar-refractivity contribution in [2.24, 2.45) is 0 Å². The normalized spacial score (nSPS) is 11.7. The zero-order valence-corrected chi connectivity index (χ0v) is 12.1. The third-order valence-electron chi connectivity index (χ3n) is 3.01. The third-order valence-corrected chi connectivity index (χ3v) is 4.13. The van der Waals surface area contributed by atoms with E-state index in [1.807, 2.05) is 41.7 Å². The molecule has 0 unspecified atom stereocenters. The lowest BCUT2D eigenvalue weighted by atomic mass is 10.1. The SMILES string of the molecule is Cc1cc(C=CC=Cc2ccc(CO)cc2)sc1C. The molecule has 0 spiro atoms. The van der Waals surface area contributed by atoms with Crippen molar-refractivity contribution in [3.8, 4) is 0 Å². The number of thiophene rings is 1. The van der Waals surface area contributed by atoms with Crippen molar-refractivity contribution in [2.75, 3.05) is 0 Å². The van der Waals surface area contributed by atoms with Gasteiger partial charge in [-0.1, -0.05) is 42.5 Å². The van der Waals surface area contributed by atoms with Crippen LogP contribution >= 0.6 is 11.3 Å². The average Bonchev–Trinajstić information content (AvgIpc) is 2.74. The molecular formula is C17H18OS. The fourth-order valence-electron chi connectivity index (χ4n) is 1.74. The maximum Gasteiger partial charge on any atom is 0.0681 e. The molecule has 1 aromatic heterocycles. The van der Waals surface area contributed by atoms with Gasteiger partial charge in [0.25, 0.3) is 0 Å². The van der Waals surface area contributed by atoms with Crippen LogP contribution in [0, 0.1) is 13.8 Å². The van der Waals surface area contributed by atoms with Gasteiger partial charge in [-0.2, -0.15) is 0 Å². The number of rotatable bonds is 4. The largest absolute Gasteiger partial charge is 0.392 e. The summed E-state index contributed by atoms with van der Waals surface area (Å²) in [5.74, 6) is 0. The molecule has 2 rings (SSSR count). The molecule has 0 radical (unpaired) electrons. The Hall–Kier alpha value is -1.64. The van der Waals surface area contributed by atoms with E-state index in [1.54, 1.807) is 0 Å². The van der Waals surface area contributed by atoms with Crippen LogP contribution in [0.5, 0.6) is 0 Å². The Kier molecular flexibility index (Phi) is 4.72.